The Morgan fingerprint density at radius 1 is 1.40 bits per heavy atom. The lowest BCUT2D eigenvalue weighted by atomic mass is 10.1. The van der Waals surface area contributed by atoms with Gasteiger partial charge in [-0.3, -0.25) is 0 Å². The highest BCUT2D eigenvalue weighted by Crippen LogP contribution is 1.95. The third-order valence-corrected chi connectivity index (χ3v) is 1.13. The summed E-state index contributed by atoms with van der Waals surface area (Å²) in [4.78, 5) is 9.80. The first kappa shape index (κ1) is 9.51. The Labute approximate surface area is 58.1 Å². The fourth-order valence-corrected chi connectivity index (χ4v) is 0.448. The van der Waals surface area contributed by atoms with E-state index in [4.69, 9.17) is 21.1 Å². The molecule has 5 nitrogen and oxygen atoms in total. The summed E-state index contributed by atoms with van der Waals surface area (Å²) < 4.78 is 0. The predicted molar refractivity (Wildman–Crippen MR) is 33.1 cm³/mol. The second-order valence-electron chi connectivity index (χ2n) is 1.92. The number of hydrogen-bond donors (Lipinski definition) is 4. The Hall–Kier alpha value is -0.490. The number of aldehydes is 1. The van der Waals surface area contributed by atoms with Crippen LogP contribution in [0.4, 0.5) is 0 Å². The summed E-state index contributed by atoms with van der Waals surface area (Å²) in [6.45, 7) is -0.188. The van der Waals surface area contributed by atoms with Gasteiger partial charge in [-0.25, -0.2) is 0 Å². The Balaban J connectivity index is 3.80. The number of carbonyl (C=O) groups excluding carboxylic acids is 1. The van der Waals surface area contributed by atoms with Crippen LogP contribution in [0.1, 0.15) is 0 Å². The molecule has 0 rings (SSSR count). The summed E-state index contributed by atoms with van der Waals surface area (Å²) in [7, 11) is 0. The molecule has 0 aliphatic heterocycles. The molecule has 0 amide bonds. The van der Waals surface area contributed by atoms with Gasteiger partial charge in [0.2, 0.25) is 0 Å². The molecule has 0 saturated heterocycles. The first-order valence-electron chi connectivity index (χ1n) is 2.83. The minimum Gasteiger partial charge on any atom is -0.389 e. The summed E-state index contributed by atoms with van der Waals surface area (Å²) >= 11 is 0. The van der Waals surface area contributed by atoms with Gasteiger partial charge in [0.05, 0.1) is 6.10 Å². The van der Waals surface area contributed by atoms with E-state index in [1.54, 1.807) is 0 Å². The number of aliphatic hydroxyl groups excluding tert-OH is 3. The molecule has 0 unspecified atom stereocenters. The summed E-state index contributed by atoms with van der Waals surface area (Å²) in [5.41, 5.74) is 4.93. The standard InChI is InChI=1S/C5H11NO4/c6-1-3(8)5(10)4(9)2-7/h2-5,8-10H,1,6H2/t3-,4-,5+/m1/s1. The van der Waals surface area contributed by atoms with E-state index in [1.807, 2.05) is 0 Å². The zero-order valence-corrected chi connectivity index (χ0v) is 5.34. The zero-order valence-electron chi connectivity index (χ0n) is 5.34. The van der Waals surface area contributed by atoms with Gasteiger partial charge in [0.1, 0.15) is 12.2 Å². The lowest BCUT2D eigenvalue weighted by Gasteiger charge is -2.16. The van der Waals surface area contributed by atoms with Gasteiger partial charge in [0, 0.05) is 6.54 Å². The van der Waals surface area contributed by atoms with Crippen molar-refractivity contribution in [2.24, 2.45) is 5.73 Å². The smallest absolute Gasteiger partial charge is 0.151 e. The van der Waals surface area contributed by atoms with E-state index >= 15 is 0 Å². The van der Waals surface area contributed by atoms with Crippen LogP contribution in [0.3, 0.4) is 0 Å². The maximum Gasteiger partial charge on any atom is 0.151 e. The number of carbonyl (C=O) groups is 1. The van der Waals surface area contributed by atoms with E-state index in [-0.39, 0.29) is 12.8 Å². The van der Waals surface area contributed by atoms with E-state index in [0.29, 0.717) is 0 Å². The highest BCUT2D eigenvalue weighted by Gasteiger charge is 2.22. The zero-order chi connectivity index (χ0) is 8.15. The fraction of sp³-hybridized carbons (Fsp3) is 0.800. The van der Waals surface area contributed by atoms with Gasteiger partial charge in [-0.05, 0) is 0 Å². The molecule has 0 aliphatic carbocycles. The van der Waals surface area contributed by atoms with Crippen LogP contribution in [0, 0.1) is 0 Å². The molecule has 0 spiro atoms. The molecular weight excluding hydrogens is 138 g/mol. The molecule has 10 heavy (non-hydrogen) atoms. The molecule has 0 aromatic heterocycles. The van der Waals surface area contributed by atoms with Crippen molar-refractivity contribution in [3.63, 3.8) is 0 Å². The maximum absolute atomic E-state index is 9.80. The maximum atomic E-state index is 9.80. The van der Waals surface area contributed by atoms with Gasteiger partial charge in [0.15, 0.2) is 6.29 Å². The van der Waals surface area contributed by atoms with Crippen LogP contribution < -0.4 is 5.73 Å². The van der Waals surface area contributed by atoms with Crippen LogP contribution in [-0.4, -0.2) is 46.5 Å². The first-order valence-corrected chi connectivity index (χ1v) is 2.83. The second-order valence-corrected chi connectivity index (χ2v) is 1.92. The topological polar surface area (TPSA) is 104 Å². The van der Waals surface area contributed by atoms with E-state index < -0.39 is 18.3 Å². The van der Waals surface area contributed by atoms with Crippen molar-refractivity contribution in [2.75, 3.05) is 6.54 Å². The Bertz CT molecular complexity index is 108. The summed E-state index contributed by atoms with van der Waals surface area (Å²) in [6.07, 6.45) is -4.15. The molecule has 0 saturated carbocycles. The van der Waals surface area contributed by atoms with Crippen LogP contribution in [-0.2, 0) is 4.79 Å². The fourth-order valence-electron chi connectivity index (χ4n) is 0.448. The van der Waals surface area contributed by atoms with Crippen LogP contribution in [0.15, 0.2) is 0 Å². The van der Waals surface area contributed by atoms with Gasteiger partial charge in [-0.15, -0.1) is 0 Å². The predicted octanol–water partition coefficient (Wildman–Crippen LogP) is -2.77. The molecule has 60 valence electrons. The van der Waals surface area contributed by atoms with E-state index in [9.17, 15) is 4.79 Å². The molecule has 0 aromatic rings. The summed E-state index contributed by atoms with van der Waals surface area (Å²) in [6, 6.07) is 0. The van der Waals surface area contributed by atoms with Crippen LogP contribution >= 0.6 is 0 Å². The Kier molecular flexibility index (Phi) is 4.13. The number of nitrogens with two attached hydrogens (primary N) is 1. The third-order valence-electron chi connectivity index (χ3n) is 1.13. The molecule has 5 N–H and O–H groups in total. The number of rotatable bonds is 4. The lowest BCUT2D eigenvalue weighted by Crippen LogP contribution is -2.42. The molecule has 0 radical (unpaired) electrons. The minimum atomic E-state index is -1.56. The number of hydrogen-bond acceptors (Lipinski definition) is 5. The van der Waals surface area contributed by atoms with Gasteiger partial charge < -0.3 is 25.8 Å². The van der Waals surface area contributed by atoms with Crippen molar-refractivity contribution in [1.29, 1.82) is 0 Å². The van der Waals surface area contributed by atoms with Crippen molar-refractivity contribution in [2.45, 2.75) is 18.3 Å². The van der Waals surface area contributed by atoms with E-state index in [2.05, 4.69) is 0 Å². The van der Waals surface area contributed by atoms with Gasteiger partial charge in [-0.1, -0.05) is 0 Å². The van der Waals surface area contributed by atoms with E-state index in [0.717, 1.165) is 0 Å². The van der Waals surface area contributed by atoms with Crippen LogP contribution in [0.25, 0.3) is 0 Å². The number of aliphatic hydroxyl groups is 3. The molecule has 0 fully saturated rings. The van der Waals surface area contributed by atoms with Crippen molar-refractivity contribution < 1.29 is 20.1 Å². The molecule has 0 aliphatic rings. The Morgan fingerprint density at radius 2 is 1.90 bits per heavy atom. The normalized spacial score (nSPS) is 19.6. The van der Waals surface area contributed by atoms with E-state index in [1.165, 1.54) is 0 Å². The van der Waals surface area contributed by atoms with Gasteiger partial charge in [-0.2, -0.15) is 0 Å². The van der Waals surface area contributed by atoms with Crippen molar-refractivity contribution >= 4 is 6.29 Å². The largest absolute Gasteiger partial charge is 0.389 e. The van der Waals surface area contributed by atoms with Crippen LogP contribution in [0.5, 0.6) is 0 Å². The second kappa shape index (κ2) is 4.35. The van der Waals surface area contributed by atoms with Crippen molar-refractivity contribution in [3.8, 4) is 0 Å². The lowest BCUT2D eigenvalue weighted by molar-refractivity contribution is -0.125. The SMILES string of the molecule is NC[C@@H](O)[C@H](O)[C@H](O)C=O. The molecule has 0 heterocycles. The van der Waals surface area contributed by atoms with Crippen molar-refractivity contribution in [3.05, 3.63) is 0 Å². The molecular formula is C5H11NO4. The van der Waals surface area contributed by atoms with Gasteiger partial charge >= 0.3 is 0 Å². The third kappa shape index (κ3) is 2.40. The van der Waals surface area contributed by atoms with Crippen LogP contribution in [0.2, 0.25) is 0 Å². The average Bonchev–Trinajstić information content (AvgIpc) is 2.00. The average molecular weight is 149 g/mol. The monoisotopic (exact) mass is 149 g/mol. The molecule has 0 bridgehead atoms. The summed E-state index contributed by atoms with van der Waals surface area (Å²) in [5.74, 6) is 0. The van der Waals surface area contributed by atoms with Gasteiger partial charge in [0.25, 0.3) is 0 Å². The Morgan fingerprint density at radius 3 is 2.20 bits per heavy atom. The molecule has 5 heteroatoms. The quantitative estimate of drug-likeness (QED) is 0.324. The summed E-state index contributed by atoms with van der Waals surface area (Å²) in [5, 5.41) is 26.1. The van der Waals surface area contributed by atoms with Crippen molar-refractivity contribution in [1.82, 2.24) is 0 Å². The minimum absolute atomic E-state index is 0.142. The first-order chi connectivity index (χ1) is 4.63. The highest BCUT2D eigenvalue weighted by molar-refractivity contribution is 5.56. The molecule has 0 aromatic carbocycles. The molecule has 3 atom stereocenters. The highest BCUT2D eigenvalue weighted by atomic mass is 16.4.